The molecule has 0 saturated carbocycles. The second kappa shape index (κ2) is 8.96. The first-order valence-corrected chi connectivity index (χ1v) is 4.52. The van der Waals surface area contributed by atoms with E-state index in [0.717, 1.165) is 6.42 Å². The highest BCUT2D eigenvalue weighted by Crippen LogP contribution is 2.05. The minimum Gasteiger partial charge on any atom is -0.396 e. The lowest BCUT2D eigenvalue weighted by Crippen LogP contribution is -1.83. The van der Waals surface area contributed by atoms with Crippen molar-refractivity contribution in [3.05, 3.63) is 0 Å². The van der Waals surface area contributed by atoms with Crippen LogP contribution in [0.4, 0.5) is 0 Å². The third kappa shape index (κ3) is 7.96. The van der Waals surface area contributed by atoms with Gasteiger partial charge in [0, 0.05) is 6.61 Å². The van der Waals surface area contributed by atoms with Gasteiger partial charge >= 0.3 is 1.43 Å². The lowest BCUT2D eigenvalue weighted by molar-refractivity contribution is 0.282. The van der Waals surface area contributed by atoms with Gasteiger partial charge in [-0.2, -0.15) is 0 Å². The van der Waals surface area contributed by atoms with Crippen molar-refractivity contribution in [2.75, 3.05) is 6.61 Å². The molecule has 0 bridgehead atoms. The zero-order chi connectivity index (χ0) is 7.66. The summed E-state index contributed by atoms with van der Waals surface area (Å²) < 4.78 is 0. The monoisotopic (exact) mass is 145 g/mol. The maximum absolute atomic E-state index is 8.47. The number of aliphatic hydroxyl groups excluding tert-OH is 1. The van der Waals surface area contributed by atoms with Gasteiger partial charge in [0.1, 0.15) is 0 Å². The van der Waals surface area contributed by atoms with Crippen LogP contribution in [-0.2, 0) is 0 Å². The highest BCUT2D eigenvalue weighted by Gasteiger charge is 1.88. The molecule has 1 nitrogen and oxygen atoms in total. The maximum atomic E-state index is 8.47. The molecular weight excluding hydrogens is 124 g/mol. The van der Waals surface area contributed by atoms with Crippen molar-refractivity contribution < 1.29 is 6.53 Å². The summed E-state index contributed by atoms with van der Waals surface area (Å²) in [4.78, 5) is 0. The highest BCUT2D eigenvalue weighted by molar-refractivity contribution is 4.43. The van der Waals surface area contributed by atoms with Crippen molar-refractivity contribution in [2.24, 2.45) is 0 Å². The average Bonchev–Trinajstić information content (AvgIpc) is 1.97. The van der Waals surface area contributed by atoms with Gasteiger partial charge in [-0.1, -0.05) is 45.4 Å². The zero-order valence-corrected chi connectivity index (χ0v) is 7.10. The molecule has 0 radical (unpaired) electrons. The second-order valence-electron chi connectivity index (χ2n) is 2.84. The topological polar surface area (TPSA) is 20.2 Å². The Morgan fingerprint density at radius 1 is 0.900 bits per heavy atom. The van der Waals surface area contributed by atoms with Crippen LogP contribution in [0.25, 0.3) is 0 Å². The summed E-state index contributed by atoms with van der Waals surface area (Å²) in [6.45, 7) is 2.60. The lowest BCUT2D eigenvalue weighted by Gasteiger charge is -1.97. The Balaban J connectivity index is 0. The molecule has 0 aliphatic carbocycles. The summed E-state index contributed by atoms with van der Waals surface area (Å²) in [5.41, 5.74) is 0. The van der Waals surface area contributed by atoms with Crippen molar-refractivity contribution in [2.45, 2.75) is 51.9 Å². The third-order valence-corrected chi connectivity index (χ3v) is 1.76. The Labute approximate surface area is 65.9 Å². The predicted molar refractivity (Wildman–Crippen MR) is 46.2 cm³/mol. The number of rotatable bonds is 7. The SMILES string of the molecule is CCCCCCCCCO.[H+]. The number of aliphatic hydroxyl groups is 1. The van der Waals surface area contributed by atoms with E-state index < -0.39 is 0 Å². The van der Waals surface area contributed by atoms with E-state index in [1.165, 1.54) is 38.5 Å². The van der Waals surface area contributed by atoms with Crippen LogP contribution in [0, 0.1) is 0 Å². The van der Waals surface area contributed by atoms with Crippen LogP contribution in [0.5, 0.6) is 0 Å². The molecule has 0 aliphatic heterocycles. The Morgan fingerprint density at radius 2 is 1.40 bits per heavy atom. The molecular formula is C9H21O+. The Kier molecular flexibility index (Phi) is 8.92. The quantitative estimate of drug-likeness (QED) is 0.546. The molecule has 10 heavy (non-hydrogen) atoms. The molecule has 0 spiro atoms. The van der Waals surface area contributed by atoms with E-state index >= 15 is 0 Å². The number of hydrogen-bond acceptors (Lipinski definition) is 1. The van der Waals surface area contributed by atoms with E-state index in [-0.39, 0.29) is 1.43 Å². The van der Waals surface area contributed by atoms with E-state index in [2.05, 4.69) is 6.92 Å². The van der Waals surface area contributed by atoms with Crippen LogP contribution < -0.4 is 0 Å². The van der Waals surface area contributed by atoms with Crippen LogP contribution in [0.1, 0.15) is 53.3 Å². The summed E-state index contributed by atoms with van der Waals surface area (Å²) in [6.07, 6.45) is 8.93. The first kappa shape index (κ1) is 9.96. The molecule has 0 atom stereocenters. The van der Waals surface area contributed by atoms with Gasteiger partial charge in [-0.15, -0.1) is 0 Å². The zero-order valence-electron chi connectivity index (χ0n) is 8.10. The van der Waals surface area contributed by atoms with Crippen molar-refractivity contribution in [3.63, 3.8) is 0 Å². The standard InChI is InChI=1S/C9H20O/c1-2-3-4-5-6-7-8-9-10/h10H,2-9H2,1H3/p+1. The van der Waals surface area contributed by atoms with Crippen molar-refractivity contribution in [1.82, 2.24) is 0 Å². The average molecular weight is 145 g/mol. The number of unbranched alkanes of at least 4 members (excludes halogenated alkanes) is 6. The van der Waals surface area contributed by atoms with Gasteiger partial charge in [0.2, 0.25) is 0 Å². The molecule has 0 aliphatic rings. The lowest BCUT2D eigenvalue weighted by atomic mass is 10.1. The van der Waals surface area contributed by atoms with Crippen LogP contribution in [0.3, 0.4) is 0 Å². The highest BCUT2D eigenvalue weighted by atomic mass is 16.2. The third-order valence-electron chi connectivity index (χ3n) is 1.76. The van der Waals surface area contributed by atoms with Crippen LogP contribution in [0.2, 0.25) is 0 Å². The first-order chi connectivity index (χ1) is 4.91. The van der Waals surface area contributed by atoms with Gasteiger partial charge in [-0.05, 0) is 6.42 Å². The van der Waals surface area contributed by atoms with E-state index in [1.807, 2.05) is 0 Å². The molecule has 62 valence electrons. The fourth-order valence-electron chi connectivity index (χ4n) is 1.07. The molecule has 0 aromatic rings. The molecule has 0 saturated heterocycles. The van der Waals surface area contributed by atoms with Gasteiger partial charge < -0.3 is 5.11 Å². The van der Waals surface area contributed by atoms with E-state index in [1.54, 1.807) is 0 Å². The van der Waals surface area contributed by atoms with Crippen molar-refractivity contribution in [1.29, 1.82) is 0 Å². The molecule has 0 amide bonds. The Hall–Kier alpha value is -0.0400. The van der Waals surface area contributed by atoms with E-state index in [4.69, 9.17) is 5.11 Å². The van der Waals surface area contributed by atoms with Crippen LogP contribution >= 0.6 is 0 Å². The summed E-state index contributed by atoms with van der Waals surface area (Å²) >= 11 is 0. The molecule has 0 fully saturated rings. The fraction of sp³-hybridized carbons (Fsp3) is 1.00. The van der Waals surface area contributed by atoms with Gasteiger partial charge in [-0.3, -0.25) is 0 Å². The van der Waals surface area contributed by atoms with E-state index in [9.17, 15) is 0 Å². The fourth-order valence-corrected chi connectivity index (χ4v) is 1.07. The molecule has 1 N–H and O–H groups in total. The van der Waals surface area contributed by atoms with E-state index in [0.29, 0.717) is 6.61 Å². The summed E-state index contributed by atoms with van der Waals surface area (Å²) in [5.74, 6) is 0. The second-order valence-corrected chi connectivity index (χ2v) is 2.84. The molecule has 0 rings (SSSR count). The van der Waals surface area contributed by atoms with Gasteiger partial charge in [-0.25, -0.2) is 0 Å². The van der Waals surface area contributed by atoms with Crippen molar-refractivity contribution in [3.8, 4) is 0 Å². The Bertz CT molecular complexity index is 49.5. The van der Waals surface area contributed by atoms with Gasteiger partial charge in [0.25, 0.3) is 0 Å². The molecule has 0 heterocycles. The summed E-state index contributed by atoms with van der Waals surface area (Å²) in [6, 6.07) is 0. The van der Waals surface area contributed by atoms with Crippen molar-refractivity contribution >= 4 is 0 Å². The van der Waals surface area contributed by atoms with Gasteiger partial charge in [0.05, 0.1) is 0 Å². The molecule has 0 aromatic carbocycles. The molecule has 0 aromatic heterocycles. The Morgan fingerprint density at radius 3 is 1.90 bits per heavy atom. The summed E-state index contributed by atoms with van der Waals surface area (Å²) in [7, 11) is 0. The minimum atomic E-state index is 0. The summed E-state index contributed by atoms with van der Waals surface area (Å²) in [5, 5.41) is 8.47. The van der Waals surface area contributed by atoms with Gasteiger partial charge in [0.15, 0.2) is 0 Å². The maximum Gasteiger partial charge on any atom is 1.00 e. The molecule has 1 heteroatoms. The van der Waals surface area contributed by atoms with Crippen LogP contribution in [-0.4, -0.2) is 11.7 Å². The van der Waals surface area contributed by atoms with Crippen LogP contribution in [0.15, 0.2) is 0 Å². The normalized spacial score (nSPS) is 10.2. The molecule has 0 unspecified atom stereocenters. The predicted octanol–water partition coefficient (Wildman–Crippen LogP) is 2.84. The number of hydrogen-bond donors (Lipinski definition) is 1. The largest absolute Gasteiger partial charge is 1.00 e. The first-order valence-electron chi connectivity index (χ1n) is 4.52. The smallest absolute Gasteiger partial charge is 0.396 e. The minimum absolute atomic E-state index is 0.